The predicted octanol–water partition coefficient (Wildman–Crippen LogP) is 10.3. The number of alkyl halides is 3. The van der Waals surface area contributed by atoms with Crippen LogP contribution in [-0.4, -0.2) is 166 Å². The number of carbonyl (C=O) groups excluding carboxylic acids is 7. The van der Waals surface area contributed by atoms with Gasteiger partial charge in [-0.1, -0.05) is 91.0 Å². The minimum absolute atomic E-state index is 0.00702. The average molecular weight is 1360 g/mol. The van der Waals surface area contributed by atoms with Crippen LogP contribution in [0.3, 0.4) is 0 Å². The van der Waals surface area contributed by atoms with E-state index in [1.807, 2.05) is 75.4 Å². The van der Waals surface area contributed by atoms with Crippen LogP contribution in [-0.2, 0) is 41.4 Å². The van der Waals surface area contributed by atoms with Crippen LogP contribution in [0.1, 0.15) is 137 Å². The van der Waals surface area contributed by atoms with Crippen molar-refractivity contribution in [2.24, 2.45) is 0 Å². The predicted molar refractivity (Wildman–Crippen MR) is 351 cm³/mol. The Bertz CT molecular complexity index is 3360. The Balaban J connectivity index is 0.000000277. The molecule has 3 aliphatic rings. The van der Waals surface area contributed by atoms with Gasteiger partial charge in [-0.05, 0) is 161 Å². The van der Waals surface area contributed by atoms with Crippen molar-refractivity contribution in [2.45, 2.75) is 160 Å². The maximum Gasteiger partial charge on any atom is 0.490 e. The number of benzene rings is 5. The Labute approximate surface area is 561 Å². The zero-order valence-corrected chi connectivity index (χ0v) is 55.9. The summed E-state index contributed by atoms with van der Waals surface area (Å²) < 4.78 is 75.3. The first-order valence-corrected chi connectivity index (χ1v) is 31.5. The largest absolute Gasteiger partial charge is 0.490 e. The van der Waals surface area contributed by atoms with Crippen LogP contribution in [0.15, 0.2) is 140 Å². The lowest BCUT2D eigenvalue weighted by Gasteiger charge is -2.25. The number of hydrogen-bond acceptors (Lipinski definition) is 13. The van der Waals surface area contributed by atoms with Crippen LogP contribution in [0, 0.1) is 11.6 Å². The maximum absolute atomic E-state index is 14.2. The molecule has 0 spiro atoms. The highest BCUT2D eigenvalue weighted by molar-refractivity contribution is 5.95. The molecule has 27 heteroatoms. The molecular formula is C70H89F5N8O14. The third-order valence-corrected chi connectivity index (χ3v) is 13.9. The highest BCUT2D eigenvalue weighted by Crippen LogP contribution is 2.20. The second kappa shape index (κ2) is 38.2. The fourth-order valence-electron chi connectivity index (χ4n) is 9.53. The highest BCUT2D eigenvalue weighted by Gasteiger charge is 2.38. The lowest BCUT2D eigenvalue weighted by Crippen LogP contribution is -2.44. The fraction of sp³-hybridized carbons (Fsp3) is 0.443. The van der Waals surface area contributed by atoms with Gasteiger partial charge in [-0.25, -0.2) is 28.0 Å². The van der Waals surface area contributed by atoms with E-state index in [1.165, 1.54) is 12.1 Å². The molecule has 3 aliphatic heterocycles. The summed E-state index contributed by atoms with van der Waals surface area (Å²) >= 11 is 0. The number of likely N-dealkylation sites (tertiary alicyclic amines) is 2. The molecule has 5 aromatic carbocycles. The van der Waals surface area contributed by atoms with Gasteiger partial charge in [0.15, 0.2) is 0 Å². The maximum atomic E-state index is 14.2. The van der Waals surface area contributed by atoms with E-state index < -0.39 is 70.8 Å². The lowest BCUT2D eigenvalue weighted by atomic mass is 10.0. The van der Waals surface area contributed by atoms with E-state index in [0.29, 0.717) is 60.9 Å². The molecule has 0 unspecified atom stereocenters. The molecule has 8 rings (SSSR count). The van der Waals surface area contributed by atoms with E-state index in [-0.39, 0.29) is 67.5 Å². The number of rotatable bonds is 16. The van der Waals surface area contributed by atoms with Crippen LogP contribution in [0.5, 0.6) is 0 Å². The van der Waals surface area contributed by atoms with Crippen LogP contribution in [0.2, 0.25) is 0 Å². The smallest absolute Gasteiger partial charge is 0.481 e. The summed E-state index contributed by atoms with van der Waals surface area (Å²) in [6.07, 6.45) is -4.45. The first-order valence-electron chi connectivity index (χ1n) is 31.5. The molecule has 0 aromatic heterocycles. The van der Waals surface area contributed by atoms with E-state index in [9.17, 15) is 60.3 Å². The van der Waals surface area contributed by atoms with Gasteiger partial charge in [0.05, 0.1) is 6.42 Å². The molecule has 5 atom stereocenters. The SMILES string of the molecule is CC(C)(C)OC(=O)N1CC[C@@H](NC(=O)c2ccccc2)C1.CC(C)(C)OC(=O)N[C@@H](CC(=O)N1CC[C@@H](NC(=O)c2ccccc2)C1)Cc1ccccc1F.CC(C)(C)OC(=O)N[C@@H](CC(=O)O)Cc1ccccc1F.O=C(N[C@@H]1CCNC1)c1ccccc1.O=C(O)C(F)(F)F. The zero-order chi connectivity index (χ0) is 72.1. The minimum atomic E-state index is -5.08. The first kappa shape index (κ1) is 79.8. The van der Waals surface area contributed by atoms with Gasteiger partial charge < -0.3 is 66.1 Å². The first-order chi connectivity index (χ1) is 45.4. The number of carboxylic acid groups (broad SMARTS) is 2. The molecule has 7 amide bonds. The van der Waals surface area contributed by atoms with Crippen molar-refractivity contribution in [1.29, 1.82) is 0 Å². The van der Waals surface area contributed by atoms with Crippen LogP contribution < -0.4 is 31.9 Å². The van der Waals surface area contributed by atoms with E-state index in [1.54, 1.807) is 124 Å². The van der Waals surface area contributed by atoms with Gasteiger partial charge in [0.25, 0.3) is 17.7 Å². The number of carboxylic acids is 2. The Morgan fingerprint density at radius 2 is 0.845 bits per heavy atom. The lowest BCUT2D eigenvalue weighted by molar-refractivity contribution is -0.192. The van der Waals surface area contributed by atoms with Crippen molar-refractivity contribution in [1.82, 2.24) is 41.7 Å². The Morgan fingerprint density at radius 1 is 0.495 bits per heavy atom. The third kappa shape index (κ3) is 32.1. The van der Waals surface area contributed by atoms with Crippen LogP contribution >= 0.6 is 0 Å². The topological polar surface area (TPSA) is 300 Å². The summed E-state index contributed by atoms with van der Waals surface area (Å²) in [7, 11) is 0. The van der Waals surface area contributed by atoms with E-state index >= 15 is 0 Å². The van der Waals surface area contributed by atoms with Gasteiger partial charge in [0.2, 0.25) is 5.91 Å². The van der Waals surface area contributed by atoms with Crippen molar-refractivity contribution < 1.29 is 89.5 Å². The molecule has 3 saturated heterocycles. The van der Waals surface area contributed by atoms with E-state index in [2.05, 4.69) is 31.9 Å². The average Bonchev–Trinajstić information content (AvgIpc) is 1.82. The third-order valence-electron chi connectivity index (χ3n) is 13.9. The number of hydrogen-bond donors (Lipinski definition) is 8. The number of alkyl carbamates (subject to hydrolysis) is 2. The molecule has 0 aliphatic carbocycles. The van der Waals surface area contributed by atoms with E-state index in [0.717, 1.165) is 31.5 Å². The molecule has 8 N–H and O–H groups in total. The molecule has 5 aromatic rings. The molecular weight excluding hydrogens is 1270 g/mol. The number of halogens is 5. The standard InChI is InChI=1S/C26H32FN3O4.C16H22N2O3.C15H20FNO4.C11H14N2O.C2HF3O2/c1-26(2,3)34-25(33)29-21(15-19-11-7-8-12-22(19)27)16-23(31)30-14-13-20(17-30)28-24(32)18-9-5-4-6-10-18;1-16(2,3)21-15(20)18-10-9-13(11-18)17-14(19)12-7-5-4-6-8-12;1-15(2,3)21-14(20)17-11(9-13(18)19)8-10-6-4-5-7-12(10)16;14-11(9-4-2-1-3-5-9)13-10-6-7-12-8-10;3-2(4,5)1(6)7/h4-12,20-21H,13-17H2,1-3H3,(H,28,32)(H,29,33);4-8,13H,9-11H2,1-3H3,(H,17,19);4-7,11H,8-9H2,1-3H3,(H,17,20)(H,18,19);1-5,10,12H,6-8H2,(H,13,14);(H,6,7)/t20-,21-;13-;11-;10-;/m1111./s1. The normalized spacial score (nSPS) is 16.3. The number of nitrogens with one attached hydrogen (secondary N) is 6. The van der Waals surface area contributed by atoms with Gasteiger partial charge in [-0.15, -0.1) is 0 Å². The van der Waals surface area contributed by atoms with Gasteiger partial charge >= 0.3 is 36.4 Å². The van der Waals surface area contributed by atoms with Gasteiger partial charge in [0.1, 0.15) is 28.4 Å². The Kier molecular flexibility index (Phi) is 31.4. The molecule has 3 fully saturated rings. The molecule has 0 radical (unpaired) electrons. The van der Waals surface area contributed by atoms with Gasteiger partial charge in [-0.3, -0.25) is 24.0 Å². The summed E-state index contributed by atoms with van der Waals surface area (Å²) in [5.41, 5.74) is 0.811. The van der Waals surface area contributed by atoms with Gasteiger partial charge in [0, 0.05) is 86.0 Å². The molecule has 22 nitrogen and oxygen atoms in total. The molecule has 3 heterocycles. The molecule has 0 saturated carbocycles. The quantitative estimate of drug-likeness (QED) is 0.0337. The van der Waals surface area contributed by atoms with Crippen molar-refractivity contribution >= 4 is 53.8 Å². The summed E-state index contributed by atoms with van der Waals surface area (Å²) in [6.45, 7) is 19.8. The summed E-state index contributed by atoms with van der Waals surface area (Å²) in [4.78, 5) is 108. The fourth-order valence-corrected chi connectivity index (χ4v) is 9.53. The monoisotopic (exact) mass is 1360 g/mol. The molecule has 97 heavy (non-hydrogen) atoms. The van der Waals surface area contributed by atoms with Crippen molar-refractivity contribution in [3.8, 4) is 0 Å². The van der Waals surface area contributed by atoms with E-state index in [4.69, 9.17) is 29.2 Å². The Morgan fingerprint density at radius 3 is 1.20 bits per heavy atom. The summed E-state index contributed by atoms with van der Waals surface area (Å²) in [6, 6.07) is 38.4. The molecule has 0 bridgehead atoms. The number of carbonyl (C=O) groups is 9. The number of amides is 7. The van der Waals surface area contributed by atoms with Gasteiger partial charge in [-0.2, -0.15) is 13.2 Å². The second-order valence-corrected chi connectivity index (χ2v) is 25.8. The van der Waals surface area contributed by atoms with Crippen molar-refractivity contribution in [2.75, 3.05) is 39.3 Å². The highest BCUT2D eigenvalue weighted by atomic mass is 19.4. The Hall–Kier alpha value is -9.66. The number of aliphatic carboxylic acids is 2. The van der Waals surface area contributed by atoms with Crippen molar-refractivity contribution in [3.05, 3.63) is 179 Å². The van der Waals surface area contributed by atoms with Crippen LogP contribution in [0.4, 0.5) is 36.3 Å². The second-order valence-electron chi connectivity index (χ2n) is 25.8. The zero-order valence-electron chi connectivity index (χ0n) is 55.9. The molecule has 528 valence electrons. The number of nitrogens with zero attached hydrogens (tertiary/aromatic N) is 2. The van der Waals surface area contributed by atoms with Crippen molar-refractivity contribution in [3.63, 3.8) is 0 Å². The van der Waals surface area contributed by atoms with Crippen LogP contribution in [0.25, 0.3) is 0 Å². The number of ether oxygens (including phenoxy) is 3. The summed E-state index contributed by atoms with van der Waals surface area (Å²) in [5, 5.41) is 33.3. The minimum Gasteiger partial charge on any atom is -0.481 e. The summed E-state index contributed by atoms with van der Waals surface area (Å²) in [5.74, 6) is -5.08.